The smallest absolute Gasteiger partial charge is 0.255 e. The number of hydrogen-bond donors (Lipinski definition) is 15. The highest BCUT2D eigenvalue weighted by Crippen LogP contribution is 2.16. The summed E-state index contributed by atoms with van der Waals surface area (Å²) in [6, 6.07) is -5.17. The fourth-order valence-electron chi connectivity index (χ4n) is 7.15. The third-order valence-corrected chi connectivity index (χ3v) is 11.0. The van der Waals surface area contributed by atoms with E-state index in [0.717, 1.165) is 6.92 Å². The first-order valence-electron chi connectivity index (χ1n) is 22.8. The van der Waals surface area contributed by atoms with E-state index in [1.807, 2.05) is 0 Å². The fourth-order valence-corrected chi connectivity index (χ4v) is 7.15. The number of aliphatic hydroxyl groups is 2. The summed E-state index contributed by atoms with van der Waals surface area (Å²) in [5.41, 5.74) is 36.1. The number of imide groups is 1. The number of nitrogens with two attached hydrogens (primary N) is 6. The standard InChI is InChI=1S/C43H74N14O11/c1-22(2)20-30-38(63)52-27(10-15-44)36(61)51-28(11-16-45)37(62)56-34(24(4)59)43(68)57(42(67)29(12-17-46)53-41(66)33(49)23(3)58)32(13-18-47)40(65)50-19-14-26(48)35(60)54-31(39(64)55-30)21-25-8-6-5-7-9-25/h5-9,22-24,26-34,58-59H,10-21,44-49H2,1-4H3,(H,50,65)(H,51,61)(H,52,63)(H,53,66)(H,54,60)(H,55,64)(H,56,62)/t23-,24-,26+,27?,28+,29+,30?,31?,32+,33+,34+/m0/s1. The summed E-state index contributed by atoms with van der Waals surface area (Å²) in [4.78, 5) is 127. The van der Waals surface area contributed by atoms with Crippen LogP contribution in [0.25, 0.3) is 0 Å². The molecule has 1 saturated heterocycles. The number of nitrogens with one attached hydrogen (secondary N) is 7. The minimum atomic E-state index is -2.02. The van der Waals surface area contributed by atoms with E-state index in [1.165, 1.54) is 6.92 Å². The first kappa shape index (κ1) is 58.5. The molecule has 0 radical (unpaired) electrons. The Kier molecular flexibility index (Phi) is 25.2. The Morgan fingerprint density at radius 3 is 1.74 bits per heavy atom. The number of hydrogen-bond acceptors (Lipinski definition) is 17. The molecule has 0 aliphatic carbocycles. The van der Waals surface area contributed by atoms with Gasteiger partial charge in [-0.25, -0.2) is 0 Å². The van der Waals surface area contributed by atoms with E-state index < -0.39 is 126 Å². The van der Waals surface area contributed by atoms with Gasteiger partial charge in [-0.15, -0.1) is 0 Å². The van der Waals surface area contributed by atoms with Crippen molar-refractivity contribution in [2.24, 2.45) is 40.3 Å². The van der Waals surface area contributed by atoms with Gasteiger partial charge in [-0.3, -0.25) is 48.1 Å². The number of rotatable bonds is 17. The topological polar surface area (TPSA) is 438 Å². The molecule has 25 nitrogen and oxygen atoms in total. The van der Waals surface area contributed by atoms with Crippen molar-refractivity contribution in [3.8, 4) is 0 Å². The molecular formula is C43H74N14O11. The second-order valence-corrected chi connectivity index (χ2v) is 17.2. The van der Waals surface area contributed by atoms with Crippen molar-refractivity contribution in [1.82, 2.24) is 42.1 Å². The number of benzene rings is 1. The molecule has 0 spiro atoms. The molecule has 25 heteroatoms. The molecule has 1 aromatic rings. The van der Waals surface area contributed by atoms with Crippen molar-refractivity contribution < 1.29 is 53.4 Å². The zero-order chi connectivity index (χ0) is 51.2. The molecule has 0 bridgehead atoms. The highest BCUT2D eigenvalue weighted by molar-refractivity contribution is 6.06. The molecule has 9 amide bonds. The summed E-state index contributed by atoms with van der Waals surface area (Å²) in [5.74, 6) is -9.16. The molecule has 0 aromatic heterocycles. The maximum absolute atomic E-state index is 14.7. The molecule has 1 heterocycles. The maximum atomic E-state index is 14.7. The molecule has 11 atom stereocenters. The lowest BCUT2D eigenvalue weighted by atomic mass is 10.00. The first-order valence-corrected chi connectivity index (χ1v) is 22.8. The molecule has 1 aromatic carbocycles. The van der Waals surface area contributed by atoms with Crippen molar-refractivity contribution >= 4 is 53.2 Å². The van der Waals surface area contributed by atoms with E-state index in [9.17, 15) is 53.4 Å². The van der Waals surface area contributed by atoms with E-state index >= 15 is 0 Å². The molecule has 21 N–H and O–H groups in total. The Morgan fingerprint density at radius 1 is 0.706 bits per heavy atom. The third kappa shape index (κ3) is 18.1. The zero-order valence-electron chi connectivity index (χ0n) is 39.3. The summed E-state index contributed by atoms with van der Waals surface area (Å²) < 4.78 is 0. The lowest BCUT2D eigenvalue weighted by Crippen LogP contribution is -2.65. The quantitative estimate of drug-likeness (QED) is 0.0690. The van der Waals surface area contributed by atoms with Gasteiger partial charge < -0.3 is 81.8 Å². The van der Waals surface area contributed by atoms with Crippen LogP contribution in [-0.2, 0) is 49.6 Å². The van der Waals surface area contributed by atoms with Gasteiger partial charge in [0.25, 0.3) is 11.8 Å². The van der Waals surface area contributed by atoms with Gasteiger partial charge in [0.15, 0.2) is 0 Å². The molecule has 2 rings (SSSR count). The van der Waals surface area contributed by atoms with Crippen LogP contribution in [0.4, 0.5) is 0 Å². The van der Waals surface area contributed by atoms with Crippen LogP contribution >= 0.6 is 0 Å². The van der Waals surface area contributed by atoms with Crippen LogP contribution in [0.15, 0.2) is 30.3 Å². The Hall–Kier alpha value is -5.67. The second-order valence-electron chi connectivity index (χ2n) is 17.2. The Bertz CT molecular complexity index is 1860. The van der Waals surface area contributed by atoms with Crippen LogP contribution in [0.3, 0.4) is 0 Å². The largest absolute Gasteiger partial charge is 0.391 e. The van der Waals surface area contributed by atoms with Gasteiger partial charge in [0.1, 0.15) is 48.3 Å². The Labute approximate surface area is 396 Å². The van der Waals surface area contributed by atoms with E-state index in [0.29, 0.717) is 10.5 Å². The van der Waals surface area contributed by atoms with Crippen molar-refractivity contribution in [1.29, 1.82) is 0 Å². The average Bonchev–Trinajstić information content (AvgIpc) is 3.28. The number of amides is 9. The van der Waals surface area contributed by atoms with E-state index in [4.69, 9.17) is 34.4 Å². The van der Waals surface area contributed by atoms with Crippen molar-refractivity contribution in [3.05, 3.63) is 35.9 Å². The Balaban J connectivity index is 2.83. The number of nitrogens with zero attached hydrogens (tertiary/aromatic N) is 1. The summed E-state index contributed by atoms with van der Waals surface area (Å²) >= 11 is 0. The van der Waals surface area contributed by atoms with Gasteiger partial charge in [-0.05, 0) is 90.0 Å². The van der Waals surface area contributed by atoms with E-state index in [2.05, 4.69) is 37.2 Å². The molecular weight excluding hydrogens is 889 g/mol. The van der Waals surface area contributed by atoms with Gasteiger partial charge in [0.05, 0.1) is 18.2 Å². The normalized spacial score (nSPS) is 25.1. The molecule has 0 saturated carbocycles. The minimum Gasteiger partial charge on any atom is -0.391 e. The zero-order valence-corrected chi connectivity index (χ0v) is 39.3. The summed E-state index contributed by atoms with van der Waals surface area (Å²) in [6.07, 6.45) is -4.53. The van der Waals surface area contributed by atoms with E-state index in [-0.39, 0.29) is 77.2 Å². The number of carbonyl (C=O) groups is 9. The van der Waals surface area contributed by atoms with Gasteiger partial charge in [-0.2, -0.15) is 0 Å². The van der Waals surface area contributed by atoms with Crippen molar-refractivity contribution in [2.75, 3.05) is 32.7 Å². The van der Waals surface area contributed by atoms with Gasteiger partial charge in [0.2, 0.25) is 41.4 Å². The van der Waals surface area contributed by atoms with Gasteiger partial charge in [-0.1, -0.05) is 44.2 Å². The minimum absolute atomic E-state index is 0.0383. The van der Waals surface area contributed by atoms with Crippen LogP contribution in [0.1, 0.15) is 71.8 Å². The molecule has 68 heavy (non-hydrogen) atoms. The lowest BCUT2D eigenvalue weighted by Gasteiger charge is -2.36. The highest BCUT2D eigenvalue weighted by atomic mass is 16.3. The predicted octanol–water partition coefficient (Wildman–Crippen LogP) is -6.76. The molecule has 1 aliphatic heterocycles. The second kappa shape index (κ2) is 29.3. The number of carbonyl (C=O) groups excluding carboxylic acids is 9. The maximum Gasteiger partial charge on any atom is 0.255 e. The predicted molar refractivity (Wildman–Crippen MR) is 248 cm³/mol. The van der Waals surface area contributed by atoms with Crippen LogP contribution in [0.2, 0.25) is 0 Å². The molecule has 1 fully saturated rings. The molecule has 382 valence electrons. The van der Waals surface area contributed by atoms with Crippen LogP contribution in [0.5, 0.6) is 0 Å². The van der Waals surface area contributed by atoms with Crippen molar-refractivity contribution in [3.63, 3.8) is 0 Å². The van der Waals surface area contributed by atoms with Gasteiger partial charge >= 0.3 is 0 Å². The van der Waals surface area contributed by atoms with Crippen molar-refractivity contribution in [2.45, 2.75) is 139 Å². The molecule has 1 aliphatic rings. The van der Waals surface area contributed by atoms with Crippen LogP contribution in [0, 0.1) is 5.92 Å². The number of aliphatic hydroxyl groups excluding tert-OH is 2. The average molecular weight is 963 g/mol. The fraction of sp³-hybridized carbons (Fsp3) is 0.651. The lowest BCUT2D eigenvalue weighted by molar-refractivity contribution is -0.157. The summed E-state index contributed by atoms with van der Waals surface area (Å²) in [6.45, 7) is 4.67. The van der Waals surface area contributed by atoms with E-state index in [1.54, 1.807) is 44.2 Å². The monoisotopic (exact) mass is 963 g/mol. The van der Waals surface area contributed by atoms with Crippen LogP contribution < -0.4 is 71.6 Å². The first-order chi connectivity index (χ1) is 32.1. The van der Waals surface area contributed by atoms with Gasteiger partial charge in [0, 0.05) is 13.0 Å². The van der Waals surface area contributed by atoms with Crippen LogP contribution in [-0.4, -0.2) is 168 Å². The summed E-state index contributed by atoms with van der Waals surface area (Å²) in [5, 5.41) is 38.7. The third-order valence-electron chi connectivity index (χ3n) is 11.0. The summed E-state index contributed by atoms with van der Waals surface area (Å²) in [7, 11) is 0. The Morgan fingerprint density at radius 2 is 1.22 bits per heavy atom. The highest BCUT2D eigenvalue weighted by Gasteiger charge is 2.44. The SMILES string of the molecule is CC(C)CC1NC(=O)C(Cc2ccccc2)NC(=O)[C@H](N)CCNC(=O)[C@@H](CCN)N(C(=O)[C@@H](CCN)NC(=O)[C@H](N)[C@H](C)O)C(=O)[C@@H]([C@H](C)O)NC(=O)[C@@H](CCN)NC(=O)C(CCN)NC1=O. The molecule has 3 unspecified atom stereocenters.